The third kappa shape index (κ3) is 6.50. The van der Waals surface area contributed by atoms with Crippen molar-refractivity contribution in [3.63, 3.8) is 0 Å². The van der Waals surface area contributed by atoms with Crippen molar-refractivity contribution in [3.05, 3.63) is 88.9 Å². The molecule has 0 radical (unpaired) electrons. The van der Waals surface area contributed by atoms with Crippen LogP contribution in [0.15, 0.2) is 72.8 Å². The number of hydrogen-bond acceptors (Lipinski definition) is 4. The van der Waals surface area contributed by atoms with Gasteiger partial charge in [0.1, 0.15) is 0 Å². The number of nitrogen functional groups attached to an aromatic ring is 1. The van der Waals surface area contributed by atoms with Gasteiger partial charge in [-0.3, -0.25) is 9.69 Å². The fourth-order valence-corrected chi connectivity index (χ4v) is 3.80. The molecule has 0 atom stereocenters. The zero-order valence-corrected chi connectivity index (χ0v) is 20.2. The molecule has 0 aliphatic heterocycles. The highest BCUT2D eigenvalue weighted by Gasteiger charge is 2.26. The Kier molecular flexibility index (Phi) is 8.51. The molecule has 0 saturated carbocycles. The van der Waals surface area contributed by atoms with Gasteiger partial charge in [-0.1, -0.05) is 41.9 Å². The minimum Gasteiger partial charge on any atom is -0.397 e. The molecule has 8 heteroatoms. The Labute approximate surface area is 205 Å². The van der Waals surface area contributed by atoms with Crippen molar-refractivity contribution in [2.75, 3.05) is 37.8 Å². The quantitative estimate of drug-likeness (QED) is 0.433. The van der Waals surface area contributed by atoms with E-state index in [-0.39, 0.29) is 6.03 Å². The SMILES string of the molecule is CN(C)CCCN(Cc1ccc(C(N)=O)cc1)C(=O)N(c1cccc(Cl)c1)c1ccccc1N. The number of primary amides is 1. The van der Waals surface area contributed by atoms with Gasteiger partial charge in [0.15, 0.2) is 0 Å². The van der Waals surface area contributed by atoms with Crippen molar-refractivity contribution in [2.45, 2.75) is 13.0 Å². The molecular weight excluding hydrogens is 450 g/mol. The molecule has 0 unspecified atom stereocenters. The topological polar surface area (TPSA) is 95.9 Å². The molecule has 0 bridgehead atoms. The maximum absolute atomic E-state index is 14.0. The molecule has 178 valence electrons. The molecule has 3 amide bonds. The molecule has 0 aliphatic rings. The summed E-state index contributed by atoms with van der Waals surface area (Å²) < 4.78 is 0. The summed E-state index contributed by atoms with van der Waals surface area (Å²) in [7, 11) is 4.00. The highest BCUT2D eigenvalue weighted by atomic mass is 35.5. The van der Waals surface area contributed by atoms with Gasteiger partial charge in [-0.25, -0.2) is 4.79 Å². The van der Waals surface area contributed by atoms with E-state index in [0.717, 1.165) is 18.5 Å². The number of benzene rings is 3. The number of para-hydroxylation sites is 2. The number of amides is 3. The zero-order valence-electron chi connectivity index (χ0n) is 19.4. The van der Waals surface area contributed by atoms with E-state index in [1.165, 1.54) is 0 Å². The highest BCUT2D eigenvalue weighted by Crippen LogP contribution is 2.33. The summed E-state index contributed by atoms with van der Waals surface area (Å²) in [5, 5.41) is 0.519. The Morgan fingerprint density at radius 1 is 0.912 bits per heavy atom. The van der Waals surface area contributed by atoms with Gasteiger partial charge in [-0.15, -0.1) is 0 Å². The maximum atomic E-state index is 14.0. The van der Waals surface area contributed by atoms with Crippen LogP contribution < -0.4 is 16.4 Å². The Morgan fingerprint density at radius 3 is 2.24 bits per heavy atom. The second-order valence-corrected chi connectivity index (χ2v) is 8.73. The predicted octanol–water partition coefficient (Wildman–Crippen LogP) is 4.73. The lowest BCUT2D eigenvalue weighted by Gasteiger charge is -2.32. The minimum absolute atomic E-state index is 0.224. The second kappa shape index (κ2) is 11.5. The van der Waals surface area contributed by atoms with Crippen LogP contribution in [0, 0.1) is 0 Å². The smallest absolute Gasteiger partial charge is 0.329 e. The number of hydrogen-bond donors (Lipinski definition) is 2. The van der Waals surface area contributed by atoms with Gasteiger partial charge in [0.2, 0.25) is 5.91 Å². The van der Waals surface area contributed by atoms with Crippen LogP contribution in [0.1, 0.15) is 22.3 Å². The van der Waals surface area contributed by atoms with E-state index < -0.39 is 5.91 Å². The molecule has 3 aromatic carbocycles. The van der Waals surface area contributed by atoms with Crippen LogP contribution in [0.5, 0.6) is 0 Å². The number of carbonyl (C=O) groups is 2. The maximum Gasteiger partial charge on any atom is 0.329 e. The Morgan fingerprint density at radius 2 is 1.62 bits per heavy atom. The normalized spacial score (nSPS) is 10.8. The highest BCUT2D eigenvalue weighted by molar-refractivity contribution is 6.31. The van der Waals surface area contributed by atoms with Gasteiger partial charge in [-0.2, -0.15) is 0 Å². The van der Waals surface area contributed by atoms with Crippen LogP contribution in [-0.2, 0) is 6.54 Å². The fourth-order valence-electron chi connectivity index (χ4n) is 3.62. The van der Waals surface area contributed by atoms with E-state index >= 15 is 0 Å². The van der Waals surface area contributed by atoms with Gasteiger partial charge in [-0.05, 0) is 75.1 Å². The first-order valence-corrected chi connectivity index (χ1v) is 11.4. The Bertz CT molecular complexity index is 1130. The summed E-state index contributed by atoms with van der Waals surface area (Å²) in [5.41, 5.74) is 14.6. The molecule has 3 aromatic rings. The van der Waals surface area contributed by atoms with Gasteiger partial charge in [0, 0.05) is 23.7 Å². The van der Waals surface area contributed by atoms with Crippen molar-refractivity contribution < 1.29 is 9.59 Å². The lowest BCUT2D eigenvalue weighted by atomic mass is 10.1. The summed E-state index contributed by atoms with van der Waals surface area (Å²) in [5.74, 6) is -0.489. The molecule has 34 heavy (non-hydrogen) atoms. The number of carbonyl (C=O) groups excluding carboxylic acids is 2. The lowest BCUT2D eigenvalue weighted by Crippen LogP contribution is -2.42. The third-order valence-electron chi connectivity index (χ3n) is 5.35. The number of urea groups is 1. The first-order chi connectivity index (χ1) is 16.3. The first-order valence-electron chi connectivity index (χ1n) is 11.0. The summed E-state index contributed by atoms with van der Waals surface area (Å²) in [4.78, 5) is 30.9. The van der Waals surface area contributed by atoms with Crippen molar-refractivity contribution >= 4 is 40.6 Å². The lowest BCUT2D eigenvalue weighted by molar-refractivity contribution is 0.1000. The molecule has 0 aromatic heterocycles. The number of anilines is 3. The van der Waals surface area contributed by atoms with Gasteiger partial charge in [0.25, 0.3) is 0 Å². The summed E-state index contributed by atoms with van der Waals surface area (Å²) in [6.07, 6.45) is 0.783. The minimum atomic E-state index is -0.489. The van der Waals surface area contributed by atoms with Crippen molar-refractivity contribution in [3.8, 4) is 0 Å². The van der Waals surface area contributed by atoms with Gasteiger partial charge >= 0.3 is 6.03 Å². The largest absolute Gasteiger partial charge is 0.397 e. The average Bonchev–Trinajstić information content (AvgIpc) is 2.80. The Hall–Kier alpha value is -3.55. The van der Waals surface area contributed by atoms with Crippen LogP contribution in [0.2, 0.25) is 5.02 Å². The van der Waals surface area contributed by atoms with E-state index in [1.54, 1.807) is 46.2 Å². The molecule has 0 saturated heterocycles. The van der Waals surface area contributed by atoms with Crippen molar-refractivity contribution in [1.29, 1.82) is 0 Å². The van der Waals surface area contributed by atoms with E-state index in [0.29, 0.717) is 40.7 Å². The monoisotopic (exact) mass is 479 g/mol. The number of nitrogens with two attached hydrogens (primary N) is 2. The van der Waals surface area contributed by atoms with Gasteiger partial charge < -0.3 is 21.3 Å². The second-order valence-electron chi connectivity index (χ2n) is 8.30. The number of nitrogens with zero attached hydrogens (tertiary/aromatic N) is 3. The number of halogens is 1. The van der Waals surface area contributed by atoms with Crippen molar-refractivity contribution in [2.24, 2.45) is 5.73 Å². The summed E-state index contributed by atoms with van der Waals surface area (Å²) >= 11 is 6.26. The Balaban J connectivity index is 1.98. The predicted molar refractivity (Wildman–Crippen MR) is 138 cm³/mol. The molecule has 0 heterocycles. The number of rotatable bonds is 9. The molecule has 0 aliphatic carbocycles. The fraction of sp³-hybridized carbons (Fsp3) is 0.231. The zero-order chi connectivity index (χ0) is 24.7. The van der Waals surface area contributed by atoms with Crippen LogP contribution in [0.4, 0.5) is 21.9 Å². The first kappa shape index (κ1) is 25.1. The van der Waals surface area contributed by atoms with Crippen LogP contribution >= 0.6 is 11.6 Å². The standard InChI is InChI=1S/C26H30ClN5O2/c1-30(2)15-6-16-31(18-19-11-13-20(14-12-19)25(29)33)26(34)32(22-8-5-7-21(27)17-22)24-10-4-3-9-23(24)28/h3-5,7-14,17H,6,15-16,18,28H2,1-2H3,(H2,29,33). The van der Waals surface area contributed by atoms with E-state index in [4.69, 9.17) is 23.1 Å². The molecule has 0 fully saturated rings. The molecule has 7 nitrogen and oxygen atoms in total. The molecule has 0 spiro atoms. The average molecular weight is 480 g/mol. The molecule has 3 rings (SSSR count). The van der Waals surface area contributed by atoms with Gasteiger partial charge in [0.05, 0.1) is 17.1 Å². The van der Waals surface area contributed by atoms with E-state index in [2.05, 4.69) is 4.90 Å². The molecule has 4 N–H and O–H groups in total. The summed E-state index contributed by atoms with van der Waals surface area (Å²) in [6.45, 7) is 1.71. The van der Waals surface area contributed by atoms with Crippen LogP contribution in [-0.4, -0.2) is 48.9 Å². The summed E-state index contributed by atoms with van der Waals surface area (Å²) in [6, 6.07) is 21.1. The van der Waals surface area contributed by atoms with E-state index in [1.807, 2.05) is 50.5 Å². The van der Waals surface area contributed by atoms with E-state index in [9.17, 15) is 9.59 Å². The molecular formula is C26H30ClN5O2. The van der Waals surface area contributed by atoms with Crippen molar-refractivity contribution in [1.82, 2.24) is 9.80 Å². The van der Waals surface area contributed by atoms with Crippen LogP contribution in [0.3, 0.4) is 0 Å². The third-order valence-corrected chi connectivity index (χ3v) is 5.59. The van der Waals surface area contributed by atoms with Crippen LogP contribution in [0.25, 0.3) is 0 Å².